The Morgan fingerprint density at radius 1 is 1.19 bits per heavy atom. The van der Waals surface area contributed by atoms with E-state index in [1.807, 2.05) is 35.9 Å². The highest BCUT2D eigenvalue weighted by Crippen LogP contribution is 2.35. The van der Waals surface area contributed by atoms with E-state index in [1.54, 1.807) is 12.1 Å². The van der Waals surface area contributed by atoms with Gasteiger partial charge >= 0.3 is 0 Å². The number of benzene rings is 2. The number of nitrogens with one attached hydrogen (secondary N) is 2. The number of sulfonamides is 1. The van der Waals surface area contributed by atoms with Gasteiger partial charge < -0.3 is 9.88 Å². The summed E-state index contributed by atoms with van der Waals surface area (Å²) >= 11 is 0. The van der Waals surface area contributed by atoms with E-state index >= 15 is 0 Å². The van der Waals surface area contributed by atoms with Crippen molar-refractivity contribution in [2.24, 2.45) is 7.05 Å². The molecule has 26 heavy (non-hydrogen) atoms. The van der Waals surface area contributed by atoms with E-state index in [0.717, 1.165) is 11.0 Å². The molecular formula is C18H16N4O3S. The lowest BCUT2D eigenvalue weighted by Gasteiger charge is -2.05. The Hall–Kier alpha value is -2.97. The molecule has 0 aliphatic carbocycles. The fourth-order valence-corrected chi connectivity index (χ4v) is 3.77. The molecule has 0 spiro atoms. The maximum absolute atomic E-state index is 12.4. The molecule has 0 unspecified atom stereocenters. The Morgan fingerprint density at radius 2 is 1.96 bits per heavy atom. The van der Waals surface area contributed by atoms with Crippen molar-refractivity contribution in [1.29, 1.82) is 0 Å². The van der Waals surface area contributed by atoms with Crippen molar-refractivity contribution in [3.8, 4) is 0 Å². The first-order valence-corrected chi connectivity index (χ1v) is 9.41. The first-order valence-electron chi connectivity index (χ1n) is 7.93. The molecule has 8 heteroatoms. The van der Waals surface area contributed by atoms with E-state index in [1.165, 1.54) is 19.2 Å². The molecule has 1 aliphatic heterocycles. The molecule has 2 aromatic carbocycles. The topological polar surface area (TPSA) is 93.1 Å². The summed E-state index contributed by atoms with van der Waals surface area (Å²) in [6, 6.07) is 12.2. The molecule has 1 amide bonds. The molecule has 0 radical (unpaired) electrons. The maximum Gasteiger partial charge on any atom is 0.256 e. The van der Waals surface area contributed by atoms with E-state index in [9.17, 15) is 13.2 Å². The smallest absolute Gasteiger partial charge is 0.256 e. The van der Waals surface area contributed by atoms with Crippen LogP contribution in [0.5, 0.6) is 0 Å². The maximum atomic E-state index is 12.4. The number of hydrogen-bond acceptors (Lipinski definition) is 4. The average Bonchev–Trinajstić information content (AvgIpc) is 3.12. The molecule has 0 fully saturated rings. The second-order valence-electron chi connectivity index (χ2n) is 5.94. The van der Waals surface area contributed by atoms with Crippen LogP contribution >= 0.6 is 0 Å². The summed E-state index contributed by atoms with van der Waals surface area (Å²) < 4.78 is 28.3. The van der Waals surface area contributed by atoms with E-state index in [2.05, 4.69) is 15.0 Å². The molecule has 4 rings (SSSR count). The van der Waals surface area contributed by atoms with Gasteiger partial charge in [-0.05, 0) is 43.5 Å². The predicted octanol–water partition coefficient (Wildman–Crippen LogP) is 1.97. The molecule has 2 heterocycles. The fraction of sp³-hybridized carbons (Fsp3) is 0.111. The molecule has 3 aromatic rings. The lowest BCUT2D eigenvalue weighted by atomic mass is 10.1. The zero-order chi connectivity index (χ0) is 18.5. The molecule has 132 valence electrons. The van der Waals surface area contributed by atoms with Crippen molar-refractivity contribution >= 4 is 44.3 Å². The van der Waals surface area contributed by atoms with Gasteiger partial charge in [-0.15, -0.1) is 0 Å². The monoisotopic (exact) mass is 368 g/mol. The molecule has 0 bridgehead atoms. The largest absolute Gasteiger partial charge is 0.328 e. The minimum absolute atomic E-state index is 0.103. The molecule has 0 atom stereocenters. The standard InChI is InChI=1S/C18H16N4O3S/c1-19-26(24,25)11-7-8-14-12(9-11)13(18(23)21-14)10-17-20-15-5-3-4-6-16(15)22(17)2/h3-10,19H,1-2H3,(H,21,23). The van der Waals surface area contributed by atoms with Gasteiger partial charge in [0, 0.05) is 18.3 Å². The quantitative estimate of drug-likeness (QED) is 0.691. The Morgan fingerprint density at radius 3 is 2.69 bits per heavy atom. The number of amides is 1. The van der Waals surface area contributed by atoms with Gasteiger partial charge in [-0.2, -0.15) is 0 Å². The average molecular weight is 368 g/mol. The van der Waals surface area contributed by atoms with Crippen molar-refractivity contribution in [2.75, 3.05) is 12.4 Å². The number of hydrogen-bond donors (Lipinski definition) is 2. The van der Waals surface area contributed by atoms with Crippen molar-refractivity contribution in [1.82, 2.24) is 14.3 Å². The molecule has 2 N–H and O–H groups in total. The van der Waals surface area contributed by atoms with Crippen LogP contribution in [0.2, 0.25) is 0 Å². The summed E-state index contributed by atoms with van der Waals surface area (Å²) in [5, 5.41) is 2.76. The van der Waals surface area contributed by atoms with Gasteiger partial charge in [0.2, 0.25) is 10.0 Å². The minimum Gasteiger partial charge on any atom is -0.328 e. The Balaban J connectivity index is 1.88. The highest BCUT2D eigenvalue weighted by molar-refractivity contribution is 7.89. The first kappa shape index (κ1) is 16.5. The van der Waals surface area contributed by atoms with Crippen molar-refractivity contribution < 1.29 is 13.2 Å². The van der Waals surface area contributed by atoms with Crippen LogP contribution in [0, 0.1) is 0 Å². The lowest BCUT2D eigenvalue weighted by molar-refractivity contribution is -0.110. The van der Waals surface area contributed by atoms with Gasteiger partial charge in [-0.3, -0.25) is 4.79 Å². The lowest BCUT2D eigenvalue weighted by Crippen LogP contribution is -2.18. The molecular weight excluding hydrogens is 352 g/mol. The number of carbonyl (C=O) groups is 1. The second-order valence-corrected chi connectivity index (χ2v) is 7.83. The number of carbonyl (C=O) groups excluding carboxylic acids is 1. The summed E-state index contributed by atoms with van der Waals surface area (Å²) in [5.74, 6) is 0.331. The van der Waals surface area contributed by atoms with Crippen LogP contribution in [0.15, 0.2) is 47.4 Å². The number of imidazole rings is 1. The fourth-order valence-electron chi connectivity index (χ4n) is 3.02. The van der Waals surface area contributed by atoms with Crippen molar-refractivity contribution in [3.63, 3.8) is 0 Å². The Labute approximate surface area is 150 Å². The van der Waals surface area contributed by atoms with Crippen LogP contribution in [-0.4, -0.2) is 30.9 Å². The number of fused-ring (bicyclic) bond motifs is 2. The summed E-state index contributed by atoms with van der Waals surface area (Å²) in [6.45, 7) is 0. The van der Waals surface area contributed by atoms with Crippen molar-refractivity contribution in [3.05, 3.63) is 53.9 Å². The summed E-state index contributed by atoms with van der Waals surface area (Å²) in [4.78, 5) is 17.1. The molecule has 7 nitrogen and oxygen atoms in total. The van der Waals surface area contributed by atoms with E-state index in [-0.39, 0.29) is 10.8 Å². The summed E-state index contributed by atoms with van der Waals surface area (Å²) in [5.41, 5.74) is 3.27. The first-order chi connectivity index (χ1) is 12.4. The van der Waals surface area contributed by atoms with Crippen molar-refractivity contribution in [2.45, 2.75) is 4.90 Å². The second kappa shape index (κ2) is 5.79. The van der Waals surface area contributed by atoms with E-state index in [4.69, 9.17) is 0 Å². The van der Waals surface area contributed by atoms with E-state index in [0.29, 0.717) is 22.6 Å². The number of nitrogens with zero attached hydrogens (tertiary/aromatic N) is 2. The number of para-hydroxylation sites is 2. The summed E-state index contributed by atoms with van der Waals surface area (Å²) in [7, 11) is -0.378. The third kappa shape index (κ3) is 2.51. The molecule has 1 aromatic heterocycles. The zero-order valence-electron chi connectivity index (χ0n) is 14.1. The molecule has 1 aliphatic rings. The van der Waals surface area contributed by atoms with Gasteiger partial charge in [0.05, 0.1) is 21.5 Å². The number of aromatic nitrogens is 2. The van der Waals surface area contributed by atoms with Gasteiger partial charge in [-0.1, -0.05) is 12.1 Å². The zero-order valence-corrected chi connectivity index (χ0v) is 15.0. The predicted molar refractivity (Wildman–Crippen MR) is 99.9 cm³/mol. The third-order valence-corrected chi connectivity index (χ3v) is 5.86. The SMILES string of the molecule is CNS(=O)(=O)c1ccc2c(c1)C(=Cc1nc3ccccc3n1C)C(=O)N2. The number of rotatable bonds is 3. The van der Waals surface area contributed by atoms with Crippen LogP contribution in [-0.2, 0) is 21.9 Å². The highest BCUT2D eigenvalue weighted by Gasteiger charge is 2.27. The van der Waals surface area contributed by atoms with E-state index < -0.39 is 10.0 Å². The van der Waals surface area contributed by atoms with Gasteiger partial charge in [-0.25, -0.2) is 18.1 Å². The number of anilines is 1. The van der Waals surface area contributed by atoms with Crippen LogP contribution in [0.25, 0.3) is 22.7 Å². The Kier molecular flexibility index (Phi) is 3.67. The normalized spacial score (nSPS) is 15.5. The third-order valence-electron chi connectivity index (χ3n) is 4.45. The van der Waals surface area contributed by atoms with Gasteiger partial charge in [0.1, 0.15) is 5.82 Å². The molecule has 0 saturated heterocycles. The Bertz CT molecular complexity index is 1190. The van der Waals surface area contributed by atoms with Gasteiger partial charge in [0.15, 0.2) is 0 Å². The molecule has 0 saturated carbocycles. The van der Waals surface area contributed by atoms with Gasteiger partial charge in [0.25, 0.3) is 5.91 Å². The van der Waals surface area contributed by atoms with Crippen LogP contribution < -0.4 is 10.0 Å². The van der Waals surface area contributed by atoms with Crippen LogP contribution in [0.3, 0.4) is 0 Å². The highest BCUT2D eigenvalue weighted by atomic mass is 32.2. The minimum atomic E-state index is -3.60. The summed E-state index contributed by atoms with van der Waals surface area (Å²) in [6.07, 6.45) is 1.68. The number of aryl methyl sites for hydroxylation is 1. The van der Waals surface area contributed by atoms with Crippen LogP contribution in [0.4, 0.5) is 5.69 Å². The van der Waals surface area contributed by atoms with Crippen LogP contribution in [0.1, 0.15) is 11.4 Å².